The molecule has 0 radical (unpaired) electrons. The zero-order valence-electron chi connectivity index (χ0n) is 9.83. The van der Waals surface area contributed by atoms with Gasteiger partial charge in [-0.25, -0.2) is 0 Å². The van der Waals surface area contributed by atoms with E-state index in [9.17, 15) is 0 Å². The lowest BCUT2D eigenvalue weighted by atomic mass is 9.93. The molecule has 0 fully saturated rings. The van der Waals surface area contributed by atoms with Crippen LogP contribution in [0.2, 0.25) is 0 Å². The highest BCUT2D eigenvalue weighted by Gasteiger charge is 2.23. The van der Waals surface area contributed by atoms with Crippen LogP contribution in [-0.2, 0) is 6.54 Å². The summed E-state index contributed by atoms with van der Waals surface area (Å²) in [5.74, 6) is 0. The van der Waals surface area contributed by atoms with Crippen molar-refractivity contribution in [2.45, 2.75) is 39.4 Å². The predicted molar refractivity (Wildman–Crippen MR) is 63.7 cm³/mol. The smallest absolute Gasteiger partial charge is 0.0427 e. The molecule has 2 rings (SSSR count). The standard InChI is InChI=1S/C13H20N2/c1-9(2)15-7-11-5-4-10(3)6-12(11)13(14)8-15/h4-6,9,13H,7-8,14H2,1-3H3. The molecule has 2 N–H and O–H groups in total. The van der Waals surface area contributed by atoms with E-state index in [0.717, 1.165) is 13.1 Å². The fourth-order valence-corrected chi connectivity index (χ4v) is 2.23. The minimum absolute atomic E-state index is 0.177. The molecule has 1 aromatic carbocycles. The van der Waals surface area contributed by atoms with Gasteiger partial charge in [0.1, 0.15) is 0 Å². The van der Waals surface area contributed by atoms with Crippen molar-refractivity contribution in [2.24, 2.45) is 5.73 Å². The number of aryl methyl sites for hydroxylation is 1. The van der Waals surface area contributed by atoms with E-state index in [2.05, 4.69) is 43.9 Å². The normalized spacial score (nSPS) is 21.8. The number of rotatable bonds is 1. The van der Waals surface area contributed by atoms with Gasteiger partial charge in [-0.3, -0.25) is 4.90 Å². The van der Waals surface area contributed by atoms with Crippen molar-refractivity contribution in [2.75, 3.05) is 6.54 Å². The molecule has 1 aromatic rings. The van der Waals surface area contributed by atoms with Gasteiger partial charge in [0.15, 0.2) is 0 Å². The van der Waals surface area contributed by atoms with E-state index in [1.165, 1.54) is 16.7 Å². The molecule has 0 aromatic heterocycles. The van der Waals surface area contributed by atoms with Gasteiger partial charge < -0.3 is 5.73 Å². The molecule has 0 saturated heterocycles. The molecule has 15 heavy (non-hydrogen) atoms. The van der Waals surface area contributed by atoms with Crippen molar-refractivity contribution in [3.63, 3.8) is 0 Å². The predicted octanol–water partition coefficient (Wildman–Crippen LogP) is 2.22. The maximum absolute atomic E-state index is 6.20. The molecule has 1 atom stereocenters. The van der Waals surface area contributed by atoms with Gasteiger partial charge in [0.25, 0.3) is 0 Å². The van der Waals surface area contributed by atoms with E-state index in [4.69, 9.17) is 5.73 Å². The van der Waals surface area contributed by atoms with Gasteiger partial charge in [0, 0.05) is 25.2 Å². The van der Waals surface area contributed by atoms with Crippen LogP contribution in [0.3, 0.4) is 0 Å². The number of hydrogen-bond donors (Lipinski definition) is 1. The maximum atomic E-state index is 6.20. The average Bonchev–Trinajstić information content (AvgIpc) is 2.18. The van der Waals surface area contributed by atoms with Crippen LogP contribution < -0.4 is 5.73 Å². The minimum Gasteiger partial charge on any atom is -0.323 e. The van der Waals surface area contributed by atoms with Crippen molar-refractivity contribution < 1.29 is 0 Å². The van der Waals surface area contributed by atoms with Crippen LogP contribution in [0.25, 0.3) is 0 Å². The Kier molecular flexibility index (Phi) is 2.81. The first-order valence-corrected chi connectivity index (χ1v) is 5.67. The third-order valence-corrected chi connectivity index (χ3v) is 3.24. The van der Waals surface area contributed by atoms with Crippen LogP contribution >= 0.6 is 0 Å². The molecule has 2 nitrogen and oxygen atoms in total. The van der Waals surface area contributed by atoms with Crippen molar-refractivity contribution in [1.82, 2.24) is 4.90 Å². The first kappa shape index (κ1) is 10.7. The molecule has 0 amide bonds. The first-order chi connectivity index (χ1) is 7.08. The van der Waals surface area contributed by atoms with Gasteiger partial charge in [-0.05, 0) is 31.9 Å². The SMILES string of the molecule is Cc1ccc2c(c1)C(N)CN(C(C)C)C2. The molecular weight excluding hydrogens is 184 g/mol. The highest BCUT2D eigenvalue weighted by Crippen LogP contribution is 2.26. The summed E-state index contributed by atoms with van der Waals surface area (Å²) in [6.07, 6.45) is 0. The van der Waals surface area contributed by atoms with Crippen LogP contribution in [0.1, 0.15) is 36.6 Å². The lowest BCUT2D eigenvalue weighted by Gasteiger charge is -2.35. The number of benzene rings is 1. The van der Waals surface area contributed by atoms with Gasteiger partial charge in [0.2, 0.25) is 0 Å². The van der Waals surface area contributed by atoms with E-state index in [1.807, 2.05) is 0 Å². The molecule has 1 heterocycles. The molecule has 2 heteroatoms. The van der Waals surface area contributed by atoms with Gasteiger partial charge in [-0.1, -0.05) is 23.8 Å². The second-order valence-corrected chi connectivity index (χ2v) is 4.83. The van der Waals surface area contributed by atoms with Crippen LogP contribution in [0.5, 0.6) is 0 Å². The largest absolute Gasteiger partial charge is 0.323 e. The zero-order valence-corrected chi connectivity index (χ0v) is 9.83. The first-order valence-electron chi connectivity index (χ1n) is 5.67. The van der Waals surface area contributed by atoms with Gasteiger partial charge in [-0.2, -0.15) is 0 Å². The molecule has 1 aliphatic rings. The molecule has 82 valence electrons. The summed E-state index contributed by atoms with van der Waals surface area (Å²) in [6, 6.07) is 7.38. The highest BCUT2D eigenvalue weighted by molar-refractivity contribution is 5.35. The summed E-state index contributed by atoms with van der Waals surface area (Å²) in [4.78, 5) is 2.43. The third-order valence-electron chi connectivity index (χ3n) is 3.24. The summed E-state index contributed by atoms with van der Waals surface area (Å²) in [5.41, 5.74) is 10.2. The summed E-state index contributed by atoms with van der Waals surface area (Å²) < 4.78 is 0. The second-order valence-electron chi connectivity index (χ2n) is 4.83. The third kappa shape index (κ3) is 2.06. The summed E-state index contributed by atoms with van der Waals surface area (Å²) in [5, 5.41) is 0. The van der Waals surface area contributed by atoms with E-state index >= 15 is 0 Å². The monoisotopic (exact) mass is 204 g/mol. The molecule has 0 spiro atoms. The summed E-state index contributed by atoms with van der Waals surface area (Å²) in [7, 11) is 0. The van der Waals surface area contributed by atoms with Crippen molar-refractivity contribution in [1.29, 1.82) is 0 Å². The van der Waals surface area contributed by atoms with E-state index in [1.54, 1.807) is 0 Å². The zero-order chi connectivity index (χ0) is 11.0. The Morgan fingerprint density at radius 2 is 2.13 bits per heavy atom. The van der Waals surface area contributed by atoms with E-state index in [-0.39, 0.29) is 6.04 Å². The van der Waals surface area contributed by atoms with Crippen molar-refractivity contribution in [3.8, 4) is 0 Å². The Bertz CT molecular complexity index is 358. The van der Waals surface area contributed by atoms with Crippen molar-refractivity contribution >= 4 is 0 Å². The number of nitrogens with zero attached hydrogens (tertiary/aromatic N) is 1. The number of fused-ring (bicyclic) bond motifs is 1. The molecular formula is C13H20N2. The van der Waals surface area contributed by atoms with E-state index < -0.39 is 0 Å². The maximum Gasteiger partial charge on any atom is 0.0427 e. The van der Waals surface area contributed by atoms with Gasteiger partial charge in [0.05, 0.1) is 0 Å². The number of hydrogen-bond acceptors (Lipinski definition) is 2. The van der Waals surface area contributed by atoms with Crippen molar-refractivity contribution in [3.05, 3.63) is 34.9 Å². The van der Waals surface area contributed by atoms with Crippen LogP contribution in [0.15, 0.2) is 18.2 Å². The molecule has 1 aliphatic heterocycles. The average molecular weight is 204 g/mol. The van der Waals surface area contributed by atoms with Gasteiger partial charge >= 0.3 is 0 Å². The molecule has 1 unspecified atom stereocenters. The lowest BCUT2D eigenvalue weighted by molar-refractivity contribution is 0.185. The fraction of sp³-hybridized carbons (Fsp3) is 0.538. The second kappa shape index (κ2) is 3.95. The Hall–Kier alpha value is -0.860. The van der Waals surface area contributed by atoms with Crippen LogP contribution in [0.4, 0.5) is 0 Å². The lowest BCUT2D eigenvalue weighted by Crippen LogP contribution is -2.40. The summed E-state index contributed by atoms with van der Waals surface area (Å²) in [6.45, 7) is 8.61. The fourth-order valence-electron chi connectivity index (χ4n) is 2.23. The van der Waals surface area contributed by atoms with Gasteiger partial charge in [-0.15, -0.1) is 0 Å². The highest BCUT2D eigenvalue weighted by atomic mass is 15.2. The molecule has 0 aliphatic carbocycles. The minimum atomic E-state index is 0.177. The Morgan fingerprint density at radius 1 is 1.40 bits per heavy atom. The molecule has 0 saturated carbocycles. The quantitative estimate of drug-likeness (QED) is 0.760. The van der Waals surface area contributed by atoms with Crippen LogP contribution in [0, 0.1) is 6.92 Å². The Labute approximate surface area is 92.1 Å². The topological polar surface area (TPSA) is 29.3 Å². The Morgan fingerprint density at radius 3 is 2.80 bits per heavy atom. The number of nitrogens with two attached hydrogens (primary N) is 1. The Balaban J connectivity index is 2.32. The van der Waals surface area contributed by atoms with E-state index in [0.29, 0.717) is 6.04 Å². The van der Waals surface area contributed by atoms with Crippen LogP contribution in [-0.4, -0.2) is 17.5 Å². The molecule has 0 bridgehead atoms. The summed E-state index contributed by atoms with van der Waals surface area (Å²) >= 11 is 0.